The standard InChI is InChI=1S/C18H11Cl2NO2S2/c1-10-3-2-4-12(7-10)16(22)21-17(23)15(25-18(21)24)8-11-5-6-13(19)9-14(11)20/h2-9H,1H3/b15-8-. The first-order valence-electron chi connectivity index (χ1n) is 7.21. The minimum atomic E-state index is -0.451. The SMILES string of the molecule is Cc1cccc(C(=O)N2C(=O)/C(=C/c3ccc(Cl)cc3Cl)SC2=S)c1. The largest absolute Gasteiger partial charge is 0.273 e. The van der Waals surface area contributed by atoms with E-state index in [4.69, 9.17) is 35.4 Å². The molecule has 2 amide bonds. The van der Waals surface area contributed by atoms with Crippen LogP contribution in [0, 0.1) is 6.92 Å². The fraction of sp³-hybridized carbons (Fsp3) is 0.0556. The van der Waals surface area contributed by atoms with Gasteiger partial charge in [-0.15, -0.1) is 0 Å². The normalized spacial score (nSPS) is 16.0. The van der Waals surface area contributed by atoms with Gasteiger partial charge in [0.05, 0.1) is 4.91 Å². The molecule has 2 aromatic carbocycles. The number of amides is 2. The van der Waals surface area contributed by atoms with Gasteiger partial charge in [-0.3, -0.25) is 9.59 Å². The summed E-state index contributed by atoms with van der Waals surface area (Å²) in [5.74, 6) is -0.885. The van der Waals surface area contributed by atoms with Gasteiger partial charge in [-0.05, 0) is 42.8 Å². The Bertz CT molecular complexity index is 940. The summed E-state index contributed by atoms with van der Waals surface area (Å²) in [6.45, 7) is 1.88. The van der Waals surface area contributed by atoms with E-state index in [0.29, 0.717) is 26.1 Å². The van der Waals surface area contributed by atoms with Crippen molar-refractivity contribution in [1.29, 1.82) is 0 Å². The van der Waals surface area contributed by atoms with Crippen LogP contribution in [0.1, 0.15) is 21.5 Å². The van der Waals surface area contributed by atoms with Gasteiger partial charge in [0.25, 0.3) is 11.8 Å². The van der Waals surface area contributed by atoms with Crippen molar-refractivity contribution in [3.8, 4) is 0 Å². The lowest BCUT2D eigenvalue weighted by Gasteiger charge is -2.12. The summed E-state index contributed by atoms with van der Waals surface area (Å²) < 4.78 is 0.202. The predicted octanol–water partition coefficient (Wildman–Crippen LogP) is 5.34. The molecule has 3 rings (SSSR count). The van der Waals surface area contributed by atoms with Gasteiger partial charge in [-0.2, -0.15) is 0 Å². The van der Waals surface area contributed by atoms with Crippen molar-refractivity contribution in [3.63, 3.8) is 0 Å². The maximum absolute atomic E-state index is 12.7. The van der Waals surface area contributed by atoms with Crippen LogP contribution in [0.5, 0.6) is 0 Å². The van der Waals surface area contributed by atoms with E-state index in [1.807, 2.05) is 13.0 Å². The number of benzene rings is 2. The Labute approximate surface area is 164 Å². The van der Waals surface area contributed by atoms with Crippen LogP contribution in [0.15, 0.2) is 47.4 Å². The van der Waals surface area contributed by atoms with E-state index < -0.39 is 11.8 Å². The number of thiocarbonyl (C=S) groups is 1. The molecule has 1 aliphatic rings. The molecule has 0 aliphatic carbocycles. The quantitative estimate of drug-likeness (QED) is 0.382. The number of hydrogen-bond donors (Lipinski definition) is 0. The van der Waals surface area contributed by atoms with Gasteiger partial charge in [0.15, 0.2) is 4.32 Å². The van der Waals surface area contributed by atoms with Crippen molar-refractivity contribution in [3.05, 3.63) is 74.1 Å². The molecule has 0 N–H and O–H groups in total. The van der Waals surface area contributed by atoms with E-state index in [-0.39, 0.29) is 4.32 Å². The Morgan fingerprint density at radius 1 is 1.20 bits per heavy atom. The predicted molar refractivity (Wildman–Crippen MR) is 107 cm³/mol. The number of carbonyl (C=O) groups is 2. The Kier molecular flexibility index (Phi) is 5.29. The second kappa shape index (κ2) is 7.30. The number of nitrogens with zero attached hydrogens (tertiary/aromatic N) is 1. The Hall–Kier alpha value is -1.66. The van der Waals surface area contributed by atoms with Crippen LogP contribution < -0.4 is 0 Å². The lowest BCUT2D eigenvalue weighted by molar-refractivity contribution is -0.120. The van der Waals surface area contributed by atoms with Crippen molar-refractivity contribution < 1.29 is 9.59 Å². The van der Waals surface area contributed by atoms with Crippen molar-refractivity contribution in [2.24, 2.45) is 0 Å². The molecule has 25 heavy (non-hydrogen) atoms. The van der Waals surface area contributed by atoms with Crippen LogP contribution in [0.25, 0.3) is 6.08 Å². The van der Waals surface area contributed by atoms with E-state index in [9.17, 15) is 9.59 Å². The molecule has 2 aromatic rings. The van der Waals surface area contributed by atoms with Crippen LogP contribution in [-0.4, -0.2) is 21.0 Å². The van der Waals surface area contributed by atoms with E-state index >= 15 is 0 Å². The number of carbonyl (C=O) groups excluding carboxylic acids is 2. The van der Waals surface area contributed by atoms with Gasteiger partial charge in [-0.1, -0.05) is 70.9 Å². The molecule has 3 nitrogen and oxygen atoms in total. The molecule has 0 spiro atoms. The van der Waals surface area contributed by atoms with E-state index in [1.54, 1.807) is 42.5 Å². The minimum absolute atomic E-state index is 0.202. The zero-order valence-electron chi connectivity index (χ0n) is 13.0. The van der Waals surface area contributed by atoms with Crippen LogP contribution in [-0.2, 0) is 4.79 Å². The average Bonchev–Trinajstić information content (AvgIpc) is 2.83. The summed E-state index contributed by atoms with van der Waals surface area (Å²) in [4.78, 5) is 26.7. The monoisotopic (exact) mass is 407 g/mol. The number of thioether (sulfide) groups is 1. The van der Waals surface area contributed by atoms with Crippen LogP contribution in [0.2, 0.25) is 10.0 Å². The zero-order valence-corrected chi connectivity index (χ0v) is 16.1. The minimum Gasteiger partial charge on any atom is -0.268 e. The summed E-state index contributed by atoms with van der Waals surface area (Å²) in [7, 11) is 0. The van der Waals surface area contributed by atoms with Crippen molar-refractivity contribution in [2.45, 2.75) is 6.92 Å². The average molecular weight is 408 g/mol. The molecule has 1 aliphatic heterocycles. The second-order valence-corrected chi connectivity index (χ2v) is 7.88. The number of aryl methyl sites for hydroxylation is 1. The number of rotatable bonds is 2. The second-order valence-electron chi connectivity index (χ2n) is 5.36. The maximum atomic E-state index is 12.7. The highest BCUT2D eigenvalue weighted by Gasteiger charge is 2.37. The summed E-state index contributed by atoms with van der Waals surface area (Å²) >= 11 is 18.3. The third kappa shape index (κ3) is 3.80. The van der Waals surface area contributed by atoms with Gasteiger partial charge in [0, 0.05) is 15.6 Å². The van der Waals surface area contributed by atoms with Gasteiger partial charge >= 0.3 is 0 Å². The zero-order chi connectivity index (χ0) is 18.1. The molecule has 126 valence electrons. The highest BCUT2D eigenvalue weighted by Crippen LogP contribution is 2.35. The molecule has 1 heterocycles. The summed E-state index contributed by atoms with van der Waals surface area (Å²) in [6, 6.07) is 12.0. The molecule has 0 saturated carbocycles. The van der Waals surface area contributed by atoms with Gasteiger partial charge in [0.2, 0.25) is 0 Å². The van der Waals surface area contributed by atoms with Crippen molar-refractivity contribution in [1.82, 2.24) is 4.90 Å². The Morgan fingerprint density at radius 3 is 2.64 bits per heavy atom. The molecule has 0 radical (unpaired) electrons. The van der Waals surface area contributed by atoms with E-state index in [2.05, 4.69) is 0 Å². The smallest absolute Gasteiger partial charge is 0.268 e. The Balaban J connectivity index is 1.92. The third-order valence-electron chi connectivity index (χ3n) is 3.51. The summed E-state index contributed by atoms with van der Waals surface area (Å²) in [5, 5.41) is 0.923. The lowest BCUT2D eigenvalue weighted by atomic mass is 10.1. The highest BCUT2D eigenvalue weighted by molar-refractivity contribution is 8.26. The molecule has 0 atom stereocenters. The van der Waals surface area contributed by atoms with Gasteiger partial charge in [-0.25, -0.2) is 4.90 Å². The van der Waals surface area contributed by atoms with E-state index in [0.717, 1.165) is 22.2 Å². The summed E-state index contributed by atoms with van der Waals surface area (Å²) in [5.41, 5.74) is 1.98. The van der Waals surface area contributed by atoms with Crippen molar-refractivity contribution in [2.75, 3.05) is 0 Å². The third-order valence-corrected chi connectivity index (χ3v) is 5.38. The van der Waals surface area contributed by atoms with Gasteiger partial charge in [0.1, 0.15) is 0 Å². The molecule has 0 bridgehead atoms. The lowest BCUT2D eigenvalue weighted by Crippen LogP contribution is -2.34. The number of imide groups is 1. The number of halogens is 2. The summed E-state index contributed by atoms with van der Waals surface area (Å²) in [6.07, 6.45) is 1.61. The maximum Gasteiger partial charge on any atom is 0.273 e. The molecule has 1 fully saturated rings. The van der Waals surface area contributed by atoms with Crippen LogP contribution in [0.4, 0.5) is 0 Å². The van der Waals surface area contributed by atoms with Crippen molar-refractivity contribution >= 4 is 69.4 Å². The van der Waals surface area contributed by atoms with Crippen LogP contribution >= 0.6 is 47.2 Å². The fourth-order valence-electron chi connectivity index (χ4n) is 2.31. The molecule has 1 saturated heterocycles. The topological polar surface area (TPSA) is 37.4 Å². The molecule has 0 aromatic heterocycles. The highest BCUT2D eigenvalue weighted by atomic mass is 35.5. The first-order chi connectivity index (χ1) is 11.9. The first kappa shape index (κ1) is 18.1. The molecular formula is C18H11Cl2NO2S2. The molecule has 7 heteroatoms. The van der Waals surface area contributed by atoms with Crippen LogP contribution in [0.3, 0.4) is 0 Å². The van der Waals surface area contributed by atoms with Gasteiger partial charge < -0.3 is 0 Å². The fourth-order valence-corrected chi connectivity index (χ4v) is 4.02. The number of hydrogen-bond acceptors (Lipinski definition) is 4. The van der Waals surface area contributed by atoms with E-state index in [1.165, 1.54) is 0 Å². The molecule has 0 unspecified atom stereocenters. The molecular weight excluding hydrogens is 397 g/mol. The first-order valence-corrected chi connectivity index (χ1v) is 9.19. The Morgan fingerprint density at radius 2 is 1.96 bits per heavy atom.